The lowest BCUT2D eigenvalue weighted by Gasteiger charge is -2.24. The number of hydrogen-bond donors (Lipinski definition) is 1. The van der Waals surface area contributed by atoms with Gasteiger partial charge in [-0.05, 0) is 43.3 Å². The second-order valence-electron chi connectivity index (χ2n) is 5.60. The van der Waals surface area contributed by atoms with Crippen molar-refractivity contribution in [3.63, 3.8) is 0 Å². The van der Waals surface area contributed by atoms with Crippen molar-refractivity contribution in [2.75, 3.05) is 0 Å². The minimum atomic E-state index is -1.90. The largest absolute Gasteiger partial charge is 0.400 e. The van der Waals surface area contributed by atoms with E-state index in [-0.39, 0.29) is 0 Å². The zero-order chi connectivity index (χ0) is 16.1. The highest BCUT2D eigenvalue weighted by Crippen LogP contribution is 2.57. The molecule has 0 amide bonds. The first-order valence-corrected chi connectivity index (χ1v) is 9.60. The smallest absolute Gasteiger partial charge is 0.138 e. The van der Waals surface area contributed by atoms with Crippen LogP contribution >= 0.6 is 7.26 Å². The van der Waals surface area contributed by atoms with Crippen LogP contribution in [0.3, 0.4) is 0 Å². The third kappa shape index (κ3) is 3.06. The summed E-state index contributed by atoms with van der Waals surface area (Å²) < 4.78 is 0. The maximum Gasteiger partial charge on any atom is 0.138 e. The zero-order valence-electron chi connectivity index (χ0n) is 13.3. The normalized spacial score (nSPS) is 12.1. The zero-order valence-corrected chi connectivity index (χ0v) is 14.2. The molecule has 0 aliphatic rings. The molecular weight excluding hydrogens is 297 g/mol. The molecule has 0 fully saturated rings. The molecule has 1 nitrogen and oxygen atoms in total. The van der Waals surface area contributed by atoms with Gasteiger partial charge in [0.2, 0.25) is 0 Å². The Hall–Kier alpha value is -2.37. The van der Waals surface area contributed by atoms with E-state index in [1.807, 2.05) is 6.92 Å². The van der Waals surface area contributed by atoms with E-state index >= 15 is 0 Å². The molecule has 0 radical (unpaired) electrons. The molecule has 0 unspecified atom stereocenters. The average Bonchev–Trinajstić information content (AvgIpc) is 2.62. The Balaban J connectivity index is 2.38. The van der Waals surface area contributed by atoms with Crippen LogP contribution in [0.25, 0.3) is 0 Å². The lowest BCUT2D eigenvalue weighted by atomic mass is 10.4. The fourth-order valence-corrected chi connectivity index (χ4v) is 6.85. The van der Waals surface area contributed by atoms with Crippen molar-refractivity contribution in [2.24, 2.45) is 5.73 Å². The summed E-state index contributed by atoms with van der Waals surface area (Å²) in [5.41, 5.74) is 7.04. The van der Waals surface area contributed by atoms with E-state index in [2.05, 4.69) is 96.8 Å². The van der Waals surface area contributed by atoms with E-state index < -0.39 is 7.26 Å². The van der Waals surface area contributed by atoms with Gasteiger partial charge in [-0.3, -0.25) is 0 Å². The van der Waals surface area contributed by atoms with Gasteiger partial charge in [0, 0.05) is 5.70 Å². The first-order valence-electron chi connectivity index (χ1n) is 7.74. The van der Waals surface area contributed by atoms with Crippen molar-refractivity contribution in [2.45, 2.75) is 6.92 Å². The Morgan fingerprint density at radius 2 is 0.957 bits per heavy atom. The molecule has 3 rings (SSSR count). The molecule has 0 spiro atoms. The average molecular weight is 318 g/mol. The Morgan fingerprint density at radius 3 is 1.22 bits per heavy atom. The molecule has 3 aromatic rings. The number of rotatable bonds is 4. The number of benzene rings is 3. The maximum absolute atomic E-state index is 6.18. The van der Waals surface area contributed by atoms with Crippen LogP contribution in [0.15, 0.2) is 103 Å². The molecule has 2 heteroatoms. The lowest BCUT2D eigenvalue weighted by molar-refractivity contribution is 1.33. The van der Waals surface area contributed by atoms with Gasteiger partial charge >= 0.3 is 0 Å². The van der Waals surface area contributed by atoms with Gasteiger partial charge in [-0.1, -0.05) is 54.6 Å². The summed E-state index contributed by atoms with van der Waals surface area (Å²) in [7, 11) is -1.90. The van der Waals surface area contributed by atoms with Crippen LogP contribution in [0.1, 0.15) is 6.92 Å². The molecule has 0 saturated carbocycles. The van der Waals surface area contributed by atoms with Crippen LogP contribution < -0.4 is 21.6 Å². The Labute approximate surface area is 138 Å². The SMILES string of the molecule is CC(N)=C[P+](c1ccccc1)(c1ccccc1)c1ccccc1. The molecule has 0 bridgehead atoms. The minimum Gasteiger partial charge on any atom is -0.400 e. The van der Waals surface area contributed by atoms with Crippen molar-refractivity contribution >= 4 is 23.2 Å². The highest BCUT2D eigenvalue weighted by molar-refractivity contribution is 7.98. The second-order valence-corrected chi connectivity index (χ2v) is 8.86. The summed E-state index contributed by atoms with van der Waals surface area (Å²) in [5.74, 6) is 2.27. The third-order valence-electron chi connectivity index (χ3n) is 3.89. The van der Waals surface area contributed by atoms with Gasteiger partial charge in [-0.25, -0.2) is 0 Å². The van der Waals surface area contributed by atoms with Crippen molar-refractivity contribution in [3.05, 3.63) is 103 Å². The van der Waals surface area contributed by atoms with Crippen LogP contribution in [-0.2, 0) is 0 Å². The quantitative estimate of drug-likeness (QED) is 0.728. The summed E-state index contributed by atoms with van der Waals surface area (Å²) in [6, 6.07) is 32.1. The van der Waals surface area contributed by atoms with Crippen molar-refractivity contribution in [1.29, 1.82) is 0 Å². The number of nitrogens with two attached hydrogens (primary N) is 1. The van der Waals surface area contributed by atoms with E-state index in [1.165, 1.54) is 15.9 Å². The molecule has 0 saturated heterocycles. The van der Waals surface area contributed by atoms with Crippen molar-refractivity contribution in [1.82, 2.24) is 0 Å². The molecular formula is C21H21NP+. The fraction of sp³-hybridized carbons (Fsp3) is 0.0476. The van der Waals surface area contributed by atoms with Gasteiger partial charge in [-0.15, -0.1) is 0 Å². The van der Waals surface area contributed by atoms with E-state index in [4.69, 9.17) is 5.73 Å². The third-order valence-corrected chi connectivity index (χ3v) is 8.02. The Morgan fingerprint density at radius 1 is 0.652 bits per heavy atom. The Kier molecular flexibility index (Phi) is 4.60. The highest BCUT2D eigenvalue weighted by Gasteiger charge is 2.43. The van der Waals surface area contributed by atoms with E-state index in [0.29, 0.717) is 0 Å². The Bertz CT molecular complexity index is 679. The molecule has 2 N–H and O–H groups in total. The molecule has 0 aliphatic heterocycles. The highest BCUT2D eigenvalue weighted by atomic mass is 31.2. The standard InChI is InChI=1S/C21H21NP/c1-18(22)17-23(19-11-5-2-6-12-19,20-13-7-3-8-14-20)21-15-9-4-10-16-21/h2-17H,22H2,1H3/q+1. The second kappa shape index (κ2) is 6.81. The molecule has 114 valence electrons. The summed E-state index contributed by atoms with van der Waals surface area (Å²) in [6.45, 7) is 1.98. The fourth-order valence-electron chi connectivity index (χ4n) is 2.97. The minimum absolute atomic E-state index is 0.856. The monoisotopic (exact) mass is 318 g/mol. The number of allylic oxidation sites excluding steroid dienone is 1. The predicted molar refractivity (Wildman–Crippen MR) is 103 cm³/mol. The van der Waals surface area contributed by atoms with Gasteiger partial charge in [0.05, 0.1) is 5.82 Å². The molecule has 3 aromatic carbocycles. The first-order chi connectivity index (χ1) is 11.2. The summed E-state index contributed by atoms with van der Waals surface area (Å²) in [4.78, 5) is 0. The van der Waals surface area contributed by atoms with E-state index in [0.717, 1.165) is 5.70 Å². The van der Waals surface area contributed by atoms with Gasteiger partial charge in [0.25, 0.3) is 0 Å². The van der Waals surface area contributed by atoms with Gasteiger partial charge in [-0.2, -0.15) is 0 Å². The molecule has 0 atom stereocenters. The van der Waals surface area contributed by atoms with Crippen LogP contribution in [0.5, 0.6) is 0 Å². The van der Waals surface area contributed by atoms with Crippen LogP contribution in [0.2, 0.25) is 0 Å². The van der Waals surface area contributed by atoms with Gasteiger partial charge in [0.15, 0.2) is 0 Å². The van der Waals surface area contributed by atoms with Crippen LogP contribution in [0, 0.1) is 0 Å². The topological polar surface area (TPSA) is 26.0 Å². The van der Waals surface area contributed by atoms with Gasteiger partial charge < -0.3 is 5.73 Å². The van der Waals surface area contributed by atoms with Crippen LogP contribution in [-0.4, -0.2) is 0 Å². The van der Waals surface area contributed by atoms with Gasteiger partial charge in [0.1, 0.15) is 23.2 Å². The van der Waals surface area contributed by atoms with Crippen molar-refractivity contribution in [3.8, 4) is 0 Å². The van der Waals surface area contributed by atoms with E-state index in [1.54, 1.807) is 0 Å². The summed E-state index contributed by atoms with van der Waals surface area (Å²) in [5, 5.41) is 3.96. The summed E-state index contributed by atoms with van der Waals surface area (Å²) >= 11 is 0. The van der Waals surface area contributed by atoms with Crippen molar-refractivity contribution < 1.29 is 0 Å². The first kappa shape index (κ1) is 15.5. The molecule has 0 aromatic heterocycles. The molecule has 23 heavy (non-hydrogen) atoms. The molecule has 0 aliphatic carbocycles. The maximum atomic E-state index is 6.18. The molecule has 0 heterocycles. The van der Waals surface area contributed by atoms with E-state index in [9.17, 15) is 0 Å². The number of hydrogen-bond acceptors (Lipinski definition) is 1. The predicted octanol–water partition coefficient (Wildman–Crippen LogP) is 3.80. The summed E-state index contributed by atoms with van der Waals surface area (Å²) in [6.07, 6.45) is 0. The lowest BCUT2D eigenvalue weighted by Crippen LogP contribution is -2.30. The van der Waals surface area contributed by atoms with Crippen LogP contribution in [0.4, 0.5) is 0 Å².